The van der Waals surface area contributed by atoms with Gasteiger partial charge in [0.05, 0.1) is 12.1 Å². The van der Waals surface area contributed by atoms with Gasteiger partial charge >= 0.3 is 19.3 Å². The summed E-state index contributed by atoms with van der Waals surface area (Å²) in [5.41, 5.74) is 4.73. The van der Waals surface area contributed by atoms with Crippen LogP contribution in [0.15, 0.2) is 17.1 Å². The summed E-state index contributed by atoms with van der Waals surface area (Å²) in [5, 5.41) is 8.81. The second-order valence-corrected chi connectivity index (χ2v) is 6.29. The van der Waals surface area contributed by atoms with Gasteiger partial charge in [-0.15, -0.1) is 0 Å². The lowest BCUT2D eigenvalue weighted by Crippen LogP contribution is -2.44. The number of hydrogen-bond donors (Lipinski definition) is 4. The number of hydrogen-bond acceptors (Lipinski definition) is 6. The molecule has 0 aromatic carbocycles. The Hall–Kier alpha value is -1.74. The van der Waals surface area contributed by atoms with Crippen molar-refractivity contribution >= 4 is 19.4 Å². The van der Waals surface area contributed by atoms with E-state index in [1.54, 1.807) is 0 Å². The van der Waals surface area contributed by atoms with Crippen LogP contribution in [-0.4, -0.2) is 42.4 Å². The number of carboxylic acid groups (broad SMARTS) is 1. The van der Waals surface area contributed by atoms with Crippen LogP contribution < -0.4 is 11.4 Å². The van der Waals surface area contributed by atoms with Crippen LogP contribution >= 0.6 is 7.60 Å². The molecule has 11 heteroatoms. The fraction of sp³-hybridized carbons (Fsp3) is 0.500. The third kappa shape index (κ3) is 3.30. The number of anilines is 1. The van der Waals surface area contributed by atoms with E-state index in [1.807, 2.05) is 0 Å². The fourth-order valence-corrected chi connectivity index (χ4v) is 2.66. The molecule has 0 amide bonds. The van der Waals surface area contributed by atoms with Gasteiger partial charge in [-0.25, -0.2) is 9.59 Å². The van der Waals surface area contributed by atoms with Crippen LogP contribution in [0.3, 0.4) is 0 Å². The number of carbonyl (C=O) groups is 1. The highest BCUT2D eigenvalue weighted by molar-refractivity contribution is 7.53. The molecule has 2 rings (SSSR count). The first-order valence-electron chi connectivity index (χ1n) is 5.98. The molecule has 3 atom stereocenters. The van der Waals surface area contributed by atoms with Crippen LogP contribution in [0.2, 0.25) is 0 Å². The van der Waals surface area contributed by atoms with Crippen molar-refractivity contribution in [2.45, 2.75) is 30.8 Å². The van der Waals surface area contributed by atoms with Crippen LogP contribution in [0.25, 0.3) is 0 Å². The average molecular weight is 319 g/mol. The molecule has 0 bridgehead atoms. The average Bonchev–Trinajstić information content (AvgIpc) is 2.29. The minimum absolute atomic E-state index is 0.0478. The zero-order valence-corrected chi connectivity index (χ0v) is 11.6. The molecular weight excluding hydrogens is 305 g/mol. The Labute approximate surface area is 118 Å². The molecular formula is C10H14N3O7P. The van der Waals surface area contributed by atoms with Crippen LogP contribution in [0.5, 0.6) is 0 Å². The van der Waals surface area contributed by atoms with Gasteiger partial charge in [-0.2, -0.15) is 4.98 Å². The number of carboxylic acids is 1. The van der Waals surface area contributed by atoms with E-state index in [1.165, 1.54) is 16.8 Å². The summed E-state index contributed by atoms with van der Waals surface area (Å²) in [6.07, 6.45) is 1.48. The van der Waals surface area contributed by atoms with E-state index in [2.05, 4.69) is 4.98 Å². The van der Waals surface area contributed by atoms with E-state index in [0.717, 1.165) is 0 Å². The molecule has 1 fully saturated rings. The molecule has 1 heterocycles. The van der Waals surface area contributed by atoms with E-state index in [4.69, 9.17) is 25.4 Å². The molecule has 10 nitrogen and oxygen atoms in total. The van der Waals surface area contributed by atoms with E-state index >= 15 is 0 Å². The topological polar surface area (TPSA) is 165 Å². The summed E-state index contributed by atoms with van der Waals surface area (Å²) in [6, 6.07) is 0.869. The summed E-state index contributed by atoms with van der Waals surface area (Å²) in [4.78, 5) is 44.0. The number of aliphatic carboxylic acids is 1. The standard InChI is InChI=1S/C10H14N3O7P/c11-7-3-4-13(10(16)12-7)5-1-2-6(5)20-9(8(14)15)21(17,18)19/h3-6,9H,1-2H2,(H,14,15)(H2,11,12,16)(H2,17,18,19). The normalized spacial score (nSPS) is 23.3. The quantitative estimate of drug-likeness (QED) is 0.505. The van der Waals surface area contributed by atoms with Crippen molar-refractivity contribution in [2.24, 2.45) is 0 Å². The second-order valence-electron chi connectivity index (χ2n) is 4.64. The Morgan fingerprint density at radius 3 is 2.62 bits per heavy atom. The smallest absolute Gasteiger partial charge is 0.365 e. The maximum absolute atomic E-state index is 11.7. The lowest BCUT2D eigenvalue weighted by molar-refractivity contribution is -0.154. The first-order chi connectivity index (χ1) is 9.70. The number of nitrogens with two attached hydrogens (primary N) is 1. The zero-order valence-electron chi connectivity index (χ0n) is 10.7. The van der Waals surface area contributed by atoms with Gasteiger partial charge in [0.2, 0.25) is 0 Å². The maximum Gasteiger partial charge on any atom is 0.365 e. The SMILES string of the molecule is Nc1ccn(C2CCC2OC(C(=O)O)P(=O)(O)O)c(=O)n1. The molecule has 1 saturated carbocycles. The van der Waals surface area contributed by atoms with Gasteiger partial charge in [0.15, 0.2) is 0 Å². The number of aromatic nitrogens is 2. The Morgan fingerprint density at radius 2 is 2.19 bits per heavy atom. The molecule has 0 spiro atoms. The number of nitrogen functional groups attached to an aromatic ring is 1. The highest BCUT2D eigenvalue weighted by Gasteiger charge is 2.44. The molecule has 21 heavy (non-hydrogen) atoms. The summed E-state index contributed by atoms with van der Waals surface area (Å²) in [7, 11) is -4.95. The highest BCUT2D eigenvalue weighted by Crippen LogP contribution is 2.45. The first kappa shape index (κ1) is 15.6. The number of nitrogens with zero attached hydrogens (tertiary/aromatic N) is 2. The van der Waals surface area contributed by atoms with Crippen LogP contribution in [0.1, 0.15) is 18.9 Å². The predicted molar refractivity (Wildman–Crippen MR) is 69.5 cm³/mol. The van der Waals surface area contributed by atoms with Gasteiger partial charge < -0.3 is 25.4 Å². The molecule has 0 saturated heterocycles. The van der Waals surface area contributed by atoms with Crippen molar-refractivity contribution in [2.75, 3.05) is 5.73 Å². The maximum atomic E-state index is 11.7. The van der Waals surface area contributed by atoms with Gasteiger partial charge in [-0.05, 0) is 18.9 Å². The number of ether oxygens (including phenoxy) is 1. The molecule has 116 valence electrons. The molecule has 3 unspecified atom stereocenters. The van der Waals surface area contributed by atoms with E-state index in [9.17, 15) is 14.2 Å². The van der Waals surface area contributed by atoms with E-state index < -0.39 is 37.2 Å². The van der Waals surface area contributed by atoms with Crippen molar-refractivity contribution in [1.82, 2.24) is 9.55 Å². The van der Waals surface area contributed by atoms with E-state index in [-0.39, 0.29) is 5.82 Å². The van der Waals surface area contributed by atoms with E-state index in [0.29, 0.717) is 12.8 Å². The second kappa shape index (κ2) is 5.57. The lowest BCUT2D eigenvalue weighted by Gasteiger charge is -2.38. The Morgan fingerprint density at radius 1 is 1.52 bits per heavy atom. The summed E-state index contributed by atoms with van der Waals surface area (Å²) in [5.74, 6) is -3.95. The zero-order chi connectivity index (χ0) is 15.8. The molecule has 1 aliphatic rings. The molecule has 1 aliphatic carbocycles. The summed E-state index contributed by atoms with van der Waals surface area (Å²) in [6.45, 7) is 0. The van der Waals surface area contributed by atoms with Gasteiger partial charge in [0, 0.05) is 6.20 Å². The van der Waals surface area contributed by atoms with Crippen molar-refractivity contribution in [3.05, 3.63) is 22.7 Å². The van der Waals surface area contributed by atoms with Gasteiger partial charge in [-0.1, -0.05) is 0 Å². The Bertz CT molecular complexity index is 654. The van der Waals surface area contributed by atoms with Crippen LogP contribution in [0, 0.1) is 0 Å². The van der Waals surface area contributed by atoms with Crippen LogP contribution in [0.4, 0.5) is 5.82 Å². The monoisotopic (exact) mass is 319 g/mol. The van der Waals surface area contributed by atoms with Gasteiger partial charge in [-0.3, -0.25) is 9.13 Å². The van der Waals surface area contributed by atoms with Crippen molar-refractivity contribution < 1.29 is 29.0 Å². The van der Waals surface area contributed by atoms with Crippen molar-refractivity contribution in [3.63, 3.8) is 0 Å². The molecule has 1 aromatic rings. The van der Waals surface area contributed by atoms with Crippen molar-refractivity contribution in [3.8, 4) is 0 Å². The van der Waals surface area contributed by atoms with Crippen molar-refractivity contribution in [1.29, 1.82) is 0 Å². The molecule has 1 aromatic heterocycles. The first-order valence-corrected chi connectivity index (χ1v) is 7.66. The number of rotatable bonds is 5. The highest BCUT2D eigenvalue weighted by atomic mass is 31.2. The lowest BCUT2D eigenvalue weighted by atomic mass is 9.88. The predicted octanol–water partition coefficient (Wildman–Crippen LogP) is -0.866. The third-order valence-electron chi connectivity index (χ3n) is 3.21. The van der Waals surface area contributed by atoms with Gasteiger partial charge in [0.25, 0.3) is 5.85 Å². The largest absolute Gasteiger partial charge is 0.479 e. The minimum atomic E-state index is -4.95. The Balaban J connectivity index is 2.17. The molecule has 0 radical (unpaired) electrons. The Kier molecular flexibility index (Phi) is 4.15. The summed E-state index contributed by atoms with van der Waals surface area (Å²) >= 11 is 0. The van der Waals surface area contributed by atoms with Crippen LogP contribution in [-0.2, 0) is 14.1 Å². The summed E-state index contributed by atoms with van der Waals surface area (Å²) < 4.78 is 17.3. The third-order valence-corrected chi connectivity index (χ3v) is 4.16. The minimum Gasteiger partial charge on any atom is -0.479 e. The van der Waals surface area contributed by atoms with Gasteiger partial charge in [0.1, 0.15) is 5.82 Å². The molecule has 5 N–H and O–H groups in total. The fourth-order valence-electron chi connectivity index (χ4n) is 2.05. The molecule has 0 aliphatic heterocycles.